The zero-order valence-electron chi connectivity index (χ0n) is 47.8. The number of thiophene rings is 1. The van der Waals surface area contributed by atoms with Crippen LogP contribution >= 0.6 is 33.9 Å². The van der Waals surface area contributed by atoms with Crippen LogP contribution in [-0.2, 0) is 16.2 Å². The van der Waals surface area contributed by atoms with Gasteiger partial charge in [0.1, 0.15) is 11.2 Å². The Bertz CT molecular complexity index is 4380. The lowest BCUT2D eigenvalue weighted by Crippen LogP contribution is -2.18. The highest BCUT2D eigenvalue weighted by molar-refractivity contribution is 14.1. The van der Waals surface area contributed by atoms with Crippen LogP contribution in [0.2, 0.25) is 0 Å². The molecular formula is C75H66IN3OS. The first-order chi connectivity index (χ1) is 39.0. The summed E-state index contributed by atoms with van der Waals surface area (Å²) < 4.78 is 9.25. The van der Waals surface area contributed by atoms with Crippen LogP contribution in [0.1, 0.15) is 88.8 Å². The molecule has 0 unspecified atom stereocenters. The number of furan rings is 1. The fourth-order valence-electron chi connectivity index (χ4n) is 12.4. The van der Waals surface area contributed by atoms with Gasteiger partial charge in [0.15, 0.2) is 0 Å². The van der Waals surface area contributed by atoms with E-state index in [-0.39, 0.29) is 16.2 Å². The van der Waals surface area contributed by atoms with Gasteiger partial charge < -0.3 is 19.1 Å². The van der Waals surface area contributed by atoms with Crippen LogP contribution in [0.3, 0.4) is 0 Å². The predicted molar refractivity (Wildman–Crippen MR) is 356 cm³/mol. The third-order valence-corrected chi connectivity index (χ3v) is 18.9. The number of benzene rings is 10. The average Bonchev–Trinajstić information content (AvgIpc) is 4.00. The first kappa shape index (κ1) is 52.5. The molecule has 400 valence electrons. The van der Waals surface area contributed by atoms with Crippen molar-refractivity contribution in [1.29, 1.82) is 0 Å². The van der Waals surface area contributed by atoms with E-state index in [0.29, 0.717) is 0 Å². The molecule has 1 aliphatic rings. The lowest BCUT2D eigenvalue weighted by atomic mass is 9.82. The Hall–Kier alpha value is -7.91. The topological polar surface area (TPSA) is 22.9 Å². The maximum Gasteiger partial charge on any atom is 0.137 e. The Balaban J connectivity index is 1.07. The van der Waals surface area contributed by atoms with Gasteiger partial charge in [0.2, 0.25) is 0 Å². The second-order valence-electron chi connectivity index (χ2n) is 24.4. The molecule has 0 amide bonds. The molecule has 6 heteroatoms. The zero-order chi connectivity index (χ0) is 56.1. The summed E-state index contributed by atoms with van der Waals surface area (Å²) in [6.45, 7) is 23.0. The van der Waals surface area contributed by atoms with E-state index in [0.717, 1.165) is 89.7 Å². The van der Waals surface area contributed by atoms with E-state index in [1.165, 1.54) is 52.0 Å². The van der Waals surface area contributed by atoms with E-state index >= 15 is 0 Å². The number of hydrogen-bond acceptors (Lipinski definition) is 5. The van der Waals surface area contributed by atoms with Crippen LogP contribution in [0, 0.1) is 16.7 Å². The second-order valence-corrected chi connectivity index (χ2v) is 27.3. The van der Waals surface area contributed by atoms with Gasteiger partial charge in [-0.1, -0.05) is 189 Å². The number of fused-ring (bicyclic) bond motifs is 7. The highest BCUT2D eigenvalue weighted by Crippen LogP contribution is 2.56. The molecule has 10 aromatic carbocycles. The first-order valence-corrected chi connectivity index (χ1v) is 30.1. The third-order valence-electron chi connectivity index (χ3n) is 16.8. The largest absolute Gasteiger partial charge is 0.456 e. The number of anilines is 9. The number of nitrogens with zero attached hydrogens (tertiary/aromatic N) is 3. The molecule has 0 saturated carbocycles. The number of para-hydroxylation sites is 2. The molecule has 0 atom stereocenters. The van der Waals surface area contributed by atoms with Crippen molar-refractivity contribution in [3.63, 3.8) is 0 Å². The summed E-state index contributed by atoms with van der Waals surface area (Å²) in [6.07, 6.45) is 0. The monoisotopic (exact) mass is 1180 g/mol. The highest BCUT2D eigenvalue weighted by atomic mass is 127. The van der Waals surface area contributed by atoms with Gasteiger partial charge >= 0.3 is 0 Å². The van der Waals surface area contributed by atoms with Gasteiger partial charge in [0, 0.05) is 43.5 Å². The van der Waals surface area contributed by atoms with E-state index < -0.39 is 0 Å². The second kappa shape index (κ2) is 20.0. The van der Waals surface area contributed by atoms with Gasteiger partial charge in [-0.15, -0.1) is 11.3 Å². The summed E-state index contributed by atoms with van der Waals surface area (Å²) in [6, 6.07) is 80.9. The van der Waals surface area contributed by atoms with E-state index in [2.05, 4.69) is 325 Å². The summed E-state index contributed by atoms with van der Waals surface area (Å²) in [4.78, 5) is 7.49. The Kier molecular flexibility index (Phi) is 12.9. The molecular weight excluding hydrogens is 1120 g/mol. The van der Waals surface area contributed by atoms with Gasteiger partial charge in [0.25, 0.3) is 0 Å². The Morgan fingerprint density at radius 2 is 0.988 bits per heavy atom. The van der Waals surface area contributed by atoms with E-state index in [4.69, 9.17) is 4.42 Å². The van der Waals surface area contributed by atoms with Crippen molar-refractivity contribution >= 4 is 117 Å². The molecule has 0 bridgehead atoms. The Morgan fingerprint density at radius 1 is 0.432 bits per heavy atom. The van der Waals surface area contributed by atoms with Crippen molar-refractivity contribution in [1.82, 2.24) is 0 Å². The molecule has 0 radical (unpaired) electrons. The predicted octanol–water partition coefficient (Wildman–Crippen LogP) is 23.0. The number of aryl methyl sites for hydroxylation is 1. The van der Waals surface area contributed by atoms with Crippen LogP contribution in [-0.4, -0.2) is 0 Å². The first-order valence-electron chi connectivity index (χ1n) is 28.2. The minimum Gasteiger partial charge on any atom is -0.456 e. The summed E-state index contributed by atoms with van der Waals surface area (Å²) >= 11 is 4.51. The molecule has 4 nitrogen and oxygen atoms in total. The summed E-state index contributed by atoms with van der Waals surface area (Å²) in [5, 5.41) is 3.39. The summed E-state index contributed by atoms with van der Waals surface area (Å²) in [5.41, 5.74) is 24.0. The number of halogens is 1. The minimum atomic E-state index is -0.107. The molecule has 0 N–H and O–H groups in total. The normalized spacial score (nSPS) is 13.0. The lowest BCUT2D eigenvalue weighted by Gasteiger charge is -2.34. The SMILES string of the molecule is Cc1ccc(N(c2ccc(C(C)(C)C)cc2)c2ccccc2-c2ccccc2)cc1N(c1cccc(N(c2ccc(C(C)(C)C)cc2)c2c(I)sc3cc4c(cc23)-c2ccccc2C4(C)C)c1C)c1cccc2oc3ccccc3c12. The van der Waals surface area contributed by atoms with Crippen LogP contribution in [0.25, 0.3) is 54.3 Å². The molecule has 0 aliphatic heterocycles. The zero-order valence-corrected chi connectivity index (χ0v) is 50.8. The quantitative estimate of drug-likeness (QED) is 0.127. The van der Waals surface area contributed by atoms with E-state index in [9.17, 15) is 0 Å². The van der Waals surface area contributed by atoms with Crippen molar-refractivity contribution in [2.75, 3.05) is 14.7 Å². The van der Waals surface area contributed by atoms with Gasteiger partial charge in [-0.05, 0) is 182 Å². The van der Waals surface area contributed by atoms with E-state index in [1.807, 2.05) is 11.3 Å². The van der Waals surface area contributed by atoms with Crippen molar-refractivity contribution in [3.05, 3.63) is 255 Å². The fourth-order valence-corrected chi connectivity index (χ4v) is 14.6. The highest BCUT2D eigenvalue weighted by Gasteiger charge is 2.37. The maximum absolute atomic E-state index is 6.72. The van der Waals surface area contributed by atoms with Crippen LogP contribution in [0.15, 0.2) is 223 Å². The molecule has 81 heavy (non-hydrogen) atoms. The standard InChI is InChI=1S/C75H66IN3OS/c1-47-34-39-54(77(52-40-35-50(36-41-52)73(3,4)5)64-28-18-15-24-55(64)49-22-12-11-13-23-49)44-66(47)79(65-31-21-33-68-70(65)57-26-16-19-32-67(57)80-68)63-30-20-29-62(48(63)2)78(53-42-37-51(38-43-53)74(6,7)8)71-59-45-58-56-25-14-17-27-60(56)75(9,10)61(58)46-69(59)81-72(71)76/h11-46H,1-10H3. The molecule has 13 rings (SSSR count). The molecule has 0 saturated heterocycles. The third kappa shape index (κ3) is 9.03. The van der Waals surface area contributed by atoms with Gasteiger partial charge in [-0.2, -0.15) is 0 Å². The fraction of sp³-hybridized carbons (Fsp3) is 0.173. The van der Waals surface area contributed by atoms with Crippen LogP contribution in [0.5, 0.6) is 0 Å². The van der Waals surface area contributed by atoms with Gasteiger partial charge in [0.05, 0.1) is 42.4 Å². The smallest absolute Gasteiger partial charge is 0.137 e. The van der Waals surface area contributed by atoms with Crippen molar-refractivity contribution in [2.45, 2.75) is 85.5 Å². The molecule has 12 aromatic rings. The van der Waals surface area contributed by atoms with Crippen molar-refractivity contribution in [3.8, 4) is 22.3 Å². The van der Waals surface area contributed by atoms with Gasteiger partial charge in [-0.3, -0.25) is 0 Å². The van der Waals surface area contributed by atoms with Gasteiger partial charge in [-0.25, -0.2) is 0 Å². The number of hydrogen-bond donors (Lipinski definition) is 0. The minimum absolute atomic E-state index is 0.00276. The molecule has 0 fully saturated rings. The lowest BCUT2D eigenvalue weighted by molar-refractivity contribution is 0.590. The maximum atomic E-state index is 6.72. The van der Waals surface area contributed by atoms with Crippen LogP contribution in [0.4, 0.5) is 51.2 Å². The molecule has 1 aliphatic carbocycles. The van der Waals surface area contributed by atoms with E-state index in [1.54, 1.807) is 0 Å². The summed E-state index contributed by atoms with van der Waals surface area (Å²) in [5.74, 6) is 0. The van der Waals surface area contributed by atoms with Crippen LogP contribution < -0.4 is 14.7 Å². The molecule has 2 aromatic heterocycles. The Labute approximate surface area is 495 Å². The molecule has 0 spiro atoms. The number of rotatable bonds is 10. The summed E-state index contributed by atoms with van der Waals surface area (Å²) in [7, 11) is 0. The molecule has 2 heterocycles. The van der Waals surface area contributed by atoms with Crippen molar-refractivity contribution < 1.29 is 4.42 Å². The van der Waals surface area contributed by atoms with Crippen molar-refractivity contribution in [2.24, 2.45) is 0 Å². The Morgan fingerprint density at radius 3 is 1.69 bits per heavy atom. The average molecular weight is 1180 g/mol.